The highest BCUT2D eigenvalue weighted by Crippen LogP contribution is 2.16. The quantitative estimate of drug-likeness (QED) is 0.241. The maximum atomic E-state index is 11.9. The maximum absolute atomic E-state index is 11.9. The summed E-state index contributed by atoms with van der Waals surface area (Å²) in [6.07, 6.45) is 9.41. The lowest BCUT2D eigenvalue weighted by Crippen LogP contribution is -2.23. The summed E-state index contributed by atoms with van der Waals surface area (Å²) in [7, 11) is 0. The second-order valence-electron chi connectivity index (χ2n) is 6.58. The summed E-state index contributed by atoms with van der Waals surface area (Å²) in [6, 6.07) is 0. The first-order chi connectivity index (χ1) is 11.9. The van der Waals surface area contributed by atoms with Crippen molar-refractivity contribution >= 4 is 17.9 Å². The van der Waals surface area contributed by atoms with E-state index in [1.54, 1.807) is 0 Å². The van der Waals surface area contributed by atoms with Crippen LogP contribution < -0.4 is 0 Å². The lowest BCUT2D eigenvalue weighted by atomic mass is 10.0. The van der Waals surface area contributed by atoms with Gasteiger partial charge in [0.1, 0.15) is 6.10 Å². The van der Waals surface area contributed by atoms with E-state index in [9.17, 15) is 14.4 Å². The Morgan fingerprint density at radius 1 is 0.760 bits per heavy atom. The van der Waals surface area contributed by atoms with Crippen LogP contribution in [0, 0.1) is 5.92 Å². The molecule has 0 aliphatic rings. The molecule has 25 heavy (non-hydrogen) atoms. The molecule has 0 aliphatic heterocycles. The van der Waals surface area contributed by atoms with Crippen LogP contribution in [-0.2, 0) is 19.1 Å². The van der Waals surface area contributed by atoms with Crippen molar-refractivity contribution in [1.29, 1.82) is 0 Å². The third-order valence-electron chi connectivity index (χ3n) is 4.28. The zero-order valence-electron chi connectivity index (χ0n) is 15.7. The van der Waals surface area contributed by atoms with Crippen molar-refractivity contribution in [3.8, 4) is 0 Å². The molecule has 0 aromatic heterocycles. The van der Waals surface area contributed by atoms with Crippen molar-refractivity contribution in [2.24, 2.45) is 5.92 Å². The average molecular weight is 358 g/mol. The van der Waals surface area contributed by atoms with Gasteiger partial charge in [0.2, 0.25) is 0 Å². The zero-order valence-corrected chi connectivity index (χ0v) is 15.7. The van der Waals surface area contributed by atoms with Crippen molar-refractivity contribution in [2.45, 2.75) is 97.0 Å². The molecule has 0 unspecified atom stereocenters. The fourth-order valence-electron chi connectivity index (χ4n) is 2.69. The molecular formula is C19H34O6. The minimum Gasteiger partial charge on any atom is -0.481 e. The Bertz CT molecular complexity index is 371. The summed E-state index contributed by atoms with van der Waals surface area (Å²) in [5, 5.41) is 17.6. The number of carbonyl (C=O) groups excluding carboxylic acids is 1. The minimum absolute atomic E-state index is 0.0271. The first kappa shape index (κ1) is 23.4. The van der Waals surface area contributed by atoms with E-state index in [1.807, 2.05) is 0 Å². The average Bonchev–Trinajstić information content (AvgIpc) is 2.55. The van der Waals surface area contributed by atoms with Gasteiger partial charge in [-0.2, -0.15) is 0 Å². The molecule has 0 rings (SSSR count). The predicted molar refractivity (Wildman–Crippen MR) is 95.4 cm³/mol. The van der Waals surface area contributed by atoms with Crippen LogP contribution in [0.25, 0.3) is 0 Å². The number of rotatable bonds is 16. The molecule has 0 radical (unpaired) electrons. The number of hydrogen-bond acceptors (Lipinski definition) is 4. The largest absolute Gasteiger partial charge is 0.481 e. The van der Waals surface area contributed by atoms with Crippen molar-refractivity contribution in [2.75, 3.05) is 0 Å². The number of carboxylic acid groups (broad SMARTS) is 2. The molecule has 0 aromatic carbocycles. The van der Waals surface area contributed by atoms with Crippen LogP contribution in [0.3, 0.4) is 0 Å². The smallest absolute Gasteiger partial charge is 0.317 e. The van der Waals surface area contributed by atoms with Crippen molar-refractivity contribution in [3.05, 3.63) is 0 Å². The van der Waals surface area contributed by atoms with E-state index >= 15 is 0 Å². The third-order valence-corrected chi connectivity index (χ3v) is 4.28. The number of esters is 1. The van der Waals surface area contributed by atoms with Gasteiger partial charge in [-0.1, -0.05) is 58.8 Å². The maximum Gasteiger partial charge on any atom is 0.317 e. The van der Waals surface area contributed by atoms with E-state index in [0.717, 1.165) is 51.4 Å². The molecule has 0 heterocycles. The Morgan fingerprint density at radius 2 is 1.28 bits per heavy atom. The number of unbranched alkanes of at least 4 members (excludes halogenated alkanes) is 5. The fourth-order valence-corrected chi connectivity index (χ4v) is 2.69. The highest BCUT2D eigenvalue weighted by molar-refractivity contribution is 5.92. The van der Waals surface area contributed by atoms with Gasteiger partial charge < -0.3 is 14.9 Å². The topological polar surface area (TPSA) is 101 Å². The first-order valence-corrected chi connectivity index (χ1v) is 9.57. The van der Waals surface area contributed by atoms with Gasteiger partial charge in [-0.25, -0.2) is 0 Å². The number of aliphatic carboxylic acids is 2. The molecule has 0 aliphatic carbocycles. The molecule has 146 valence electrons. The van der Waals surface area contributed by atoms with Gasteiger partial charge in [-0.3, -0.25) is 14.4 Å². The molecule has 0 atom stereocenters. The van der Waals surface area contributed by atoms with Gasteiger partial charge in [-0.05, 0) is 25.7 Å². The minimum atomic E-state index is -1.33. The van der Waals surface area contributed by atoms with Gasteiger partial charge in [0.05, 0.1) is 0 Å². The van der Waals surface area contributed by atoms with Crippen LogP contribution in [0.5, 0.6) is 0 Å². The molecule has 0 amide bonds. The van der Waals surface area contributed by atoms with Crippen LogP contribution in [-0.4, -0.2) is 34.2 Å². The zero-order chi connectivity index (χ0) is 19.1. The Labute approximate surface area is 150 Å². The number of ether oxygens (including phenoxy) is 1. The van der Waals surface area contributed by atoms with Crippen LogP contribution in [0.15, 0.2) is 0 Å². The molecule has 2 N–H and O–H groups in total. The Hall–Kier alpha value is -1.59. The molecule has 6 nitrogen and oxygen atoms in total. The summed E-state index contributed by atoms with van der Waals surface area (Å²) in [5.41, 5.74) is 0. The monoisotopic (exact) mass is 358 g/mol. The van der Waals surface area contributed by atoms with Gasteiger partial charge in [0, 0.05) is 6.42 Å². The van der Waals surface area contributed by atoms with Crippen LogP contribution >= 0.6 is 0 Å². The van der Waals surface area contributed by atoms with E-state index < -0.39 is 17.9 Å². The molecule has 6 heteroatoms. The van der Waals surface area contributed by atoms with Crippen molar-refractivity contribution in [1.82, 2.24) is 0 Å². The summed E-state index contributed by atoms with van der Waals surface area (Å²) in [6.45, 7) is 4.25. The number of carboxylic acids is 2. The second kappa shape index (κ2) is 14.7. The van der Waals surface area contributed by atoms with Gasteiger partial charge in [-0.15, -0.1) is 0 Å². The van der Waals surface area contributed by atoms with E-state index in [1.165, 1.54) is 0 Å². The van der Waals surface area contributed by atoms with E-state index in [2.05, 4.69) is 13.8 Å². The lowest BCUT2D eigenvalue weighted by Gasteiger charge is -2.17. The molecule has 0 saturated heterocycles. The summed E-state index contributed by atoms with van der Waals surface area (Å²) in [4.78, 5) is 33.4. The molecular weight excluding hydrogens is 324 g/mol. The molecule has 0 aromatic rings. The fraction of sp³-hybridized carbons (Fsp3) is 0.842. The highest BCUT2D eigenvalue weighted by atomic mass is 16.5. The van der Waals surface area contributed by atoms with Crippen LogP contribution in [0.4, 0.5) is 0 Å². The molecule has 0 bridgehead atoms. The molecule has 0 spiro atoms. The molecule has 0 fully saturated rings. The third kappa shape index (κ3) is 12.4. The summed E-state index contributed by atoms with van der Waals surface area (Å²) in [5.74, 6) is -4.07. The number of hydrogen-bond donors (Lipinski definition) is 2. The predicted octanol–water partition coefficient (Wildman–Crippen LogP) is 4.40. The van der Waals surface area contributed by atoms with Crippen LogP contribution in [0.2, 0.25) is 0 Å². The normalized spacial score (nSPS) is 11.0. The summed E-state index contributed by atoms with van der Waals surface area (Å²) < 4.78 is 5.57. The highest BCUT2D eigenvalue weighted by Gasteiger charge is 2.24. The Kier molecular flexibility index (Phi) is 13.8. The lowest BCUT2D eigenvalue weighted by molar-refractivity contribution is -0.155. The summed E-state index contributed by atoms with van der Waals surface area (Å²) >= 11 is 0. The second-order valence-corrected chi connectivity index (χ2v) is 6.58. The van der Waals surface area contributed by atoms with E-state index in [0.29, 0.717) is 19.3 Å². The van der Waals surface area contributed by atoms with E-state index in [-0.39, 0.29) is 18.5 Å². The standard InChI is InChI=1S/C19H34O6/c1-3-5-11-15(12-6-4-2)25-17(20)14-10-8-7-9-13-16(18(21)22)19(23)24/h15-16H,3-14H2,1-2H3,(H,21,22)(H,23,24). The first-order valence-electron chi connectivity index (χ1n) is 9.57. The Morgan fingerprint density at radius 3 is 1.76 bits per heavy atom. The van der Waals surface area contributed by atoms with Gasteiger partial charge in [0.15, 0.2) is 5.92 Å². The van der Waals surface area contributed by atoms with E-state index in [4.69, 9.17) is 14.9 Å². The van der Waals surface area contributed by atoms with Crippen LogP contribution in [0.1, 0.15) is 90.9 Å². The molecule has 0 saturated carbocycles. The van der Waals surface area contributed by atoms with Crippen molar-refractivity contribution in [3.63, 3.8) is 0 Å². The van der Waals surface area contributed by atoms with Gasteiger partial charge in [0.25, 0.3) is 0 Å². The van der Waals surface area contributed by atoms with Gasteiger partial charge >= 0.3 is 17.9 Å². The SMILES string of the molecule is CCCCC(CCCC)OC(=O)CCCCCCC(C(=O)O)C(=O)O. The Balaban J connectivity index is 3.89. The number of carbonyl (C=O) groups is 3. The van der Waals surface area contributed by atoms with Crippen molar-refractivity contribution < 1.29 is 29.3 Å².